The number of fused-ring (bicyclic) bond motifs is 1. The molecule has 20 nitrogen and oxygen atoms in total. The molecule has 4 aromatic heterocycles. The number of hydrogen-bond donors (Lipinski definition) is 5. The lowest BCUT2D eigenvalue weighted by molar-refractivity contribution is -0.380. The molecule has 1 saturated heterocycles. The Balaban J connectivity index is 0.832. The molecule has 2 aliphatic rings. The smallest absolute Gasteiger partial charge is 0.348 e. The number of nitrogens with zero attached hydrogens (tertiary/aromatic N) is 8. The van der Waals surface area contributed by atoms with Gasteiger partial charge in [-0.3, -0.25) is 48.9 Å². The normalized spacial score (nSPS) is 14.3. The SMILES string of the molecule is CC(=O)Nc1cc(NCCCCNC(=O)CN2CCN(c3ccc(Nc4ncc5c(C)c(C(C)=O)c(=O)n(C6CCCC6)c5n4)nc3)CC2)ccc1C(=O)Nc1nc(C)c([N+](=O)[O-])s1. The fraction of sp³-hybridized carbons (Fsp3) is 0.419. The maximum absolute atomic E-state index is 13.6. The minimum absolute atomic E-state index is 0.0134. The molecule has 5 heterocycles. The van der Waals surface area contributed by atoms with Gasteiger partial charge < -0.3 is 26.2 Å². The molecule has 64 heavy (non-hydrogen) atoms. The van der Waals surface area contributed by atoms with Crippen molar-refractivity contribution in [3.63, 3.8) is 0 Å². The monoisotopic (exact) mass is 893 g/mol. The molecule has 1 aromatic carbocycles. The van der Waals surface area contributed by atoms with Gasteiger partial charge in [0.15, 0.2) is 10.9 Å². The highest BCUT2D eigenvalue weighted by molar-refractivity contribution is 7.19. The molecule has 5 aromatic rings. The molecule has 0 atom stereocenters. The lowest BCUT2D eigenvalue weighted by Gasteiger charge is -2.35. The highest BCUT2D eigenvalue weighted by Crippen LogP contribution is 2.33. The second kappa shape index (κ2) is 20.1. The summed E-state index contributed by atoms with van der Waals surface area (Å²) in [6, 6.07) is 8.72. The van der Waals surface area contributed by atoms with Crippen LogP contribution in [0.15, 0.2) is 47.5 Å². The molecule has 0 radical (unpaired) electrons. The van der Waals surface area contributed by atoms with E-state index >= 15 is 0 Å². The van der Waals surface area contributed by atoms with E-state index in [4.69, 9.17) is 4.98 Å². The fourth-order valence-corrected chi connectivity index (χ4v) is 8.90. The predicted molar refractivity (Wildman–Crippen MR) is 245 cm³/mol. The number of hydrogen-bond acceptors (Lipinski definition) is 16. The van der Waals surface area contributed by atoms with Gasteiger partial charge in [-0.05, 0) is 93.7 Å². The molecule has 7 rings (SSSR count). The van der Waals surface area contributed by atoms with Gasteiger partial charge in [-0.1, -0.05) is 12.8 Å². The zero-order valence-electron chi connectivity index (χ0n) is 36.2. The Hall–Kier alpha value is -6.87. The summed E-state index contributed by atoms with van der Waals surface area (Å²) in [4.78, 5) is 96.6. The van der Waals surface area contributed by atoms with E-state index in [0.717, 1.165) is 68.6 Å². The van der Waals surface area contributed by atoms with E-state index in [1.54, 1.807) is 42.1 Å². The van der Waals surface area contributed by atoms with Gasteiger partial charge in [-0.25, -0.2) is 15.0 Å². The van der Waals surface area contributed by atoms with Crippen molar-refractivity contribution in [2.24, 2.45) is 0 Å². The Labute approximate surface area is 372 Å². The van der Waals surface area contributed by atoms with Crippen LogP contribution in [-0.4, -0.2) is 104 Å². The number of piperazine rings is 1. The number of nitro groups is 1. The van der Waals surface area contributed by atoms with E-state index in [1.165, 1.54) is 20.8 Å². The summed E-state index contributed by atoms with van der Waals surface area (Å²) in [5.41, 5.74) is 3.28. The quantitative estimate of drug-likeness (QED) is 0.0331. The zero-order valence-corrected chi connectivity index (χ0v) is 37.0. The minimum atomic E-state index is -0.570. The van der Waals surface area contributed by atoms with Gasteiger partial charge in [0.1, 0.15) is 17.2 Å². The number of carbonyl (C=O) groups is 4. The van der Waals surface area contributed by atoms with Crippen molar-refractivity contribution in [3.05, 3.63) is 85.6 Å². The lowest BCUT2D eigenvalue weighted by Crippen LogP contribution is -2.49. The van der Waals surface area contributed by atoms with Gasteiger partial charge in [0.25, 0.3) is 11.5 Å². The van der Waals surface area contributed by atoms with Crippen LogP contribution < -0.4 is 37.0 Å². The average molecular weight is 894 g/mol. The predicted octanol–water partition coefficient (Wildman–Crippen LogP) is 5.57. The van der Waals surface area contributed by atoms with Crippen LogP contribution in [0.2, 0.25) is 0 Å². The van der Waals surface area contributed by atoms with Crippen molar-refractivity contribution in [1.82, 2.24) is 34.7 Å². The van der Waals surface area contributed by atoms with Crippen LogP contribution in [0.5, 0.6) is 0 Å². The van der Waals surface area contributed by atoms with Gasteiger partial charge in [-0.15, -0.1) is 0 Å². The first-order valence-corrected chi connectivity index (χ1v) is 22.1. The Morgan fingerprint density at radius 3 is 2.34 bits per heavy atom. The number of nitrogens with one attached hydrogen (secondary N) is 5. The van der Waals surface area contributed by atoms with E-state index in [0.29, 0.717) is 66.8 Å². The number of amides is 3. The second-order valence-electron chi connectivity index (χ2n) is 15.9. The van der Waals surface area contributed by atoms with Crippen molar-refractivity contribution in [2.75, 3.05) is 72.0 Å². The van der Waals surface area contributed by atoms with Crippen LogP contribution in [0.1, 0.15) is 90.4 Å². The summed E-state index contributed by atoms with van der Waals surface area (Å²) in [6.07, 6.45) is 8.71. The van der Waals surface area contributed by atoms with E-state index < -0.39 is 10.8 Å². The molecule has 1 aliphatic carbocycles. The maximum atomic E-state index is 13.6. The first-order valence-electron chi connectivity index (χ1n) is 21.2. The van der Waals surface area contributed by atoms with Gasteiger partial charge >= 0.3 is 5.00 Å². The molecule has 2 fully saturated rings. The third-order valence-electron chi connectivity index (χ3n) is 11.3. The number of benzene rings is 1. The summed E-state index contributed by atoms with van der Waals surface area (Å²) in [7, 11) is 0. The molecule has 0 bridgehead atoms. The standard InChI is InChI=1S/C43H51N13O7S/c1-25-33-23-47-42(51-38(33)55(30-9-5-6-10-30)40(61)37(25)27(3)57)50-35-14-12-31(22-46-35)54-19-17-53(18-20-54)24-36(59)45-16-8-7-15-44-29-11-13-32(34(21-29)49-28(4)58)39(60)52-43-48-26(2)41(64-43)56(62)63/h11-14,21-23,30,44H,5-10,15-20,24H2,1-4H3,(H,45,59)(H,49,58)(H,48,52,60)(H,46,47,50,51). The topological polar surface area (TPSA) is 252 Å². The molecule has 5 N–H and O–H groups in total. The molecular weight excluding hydrogens is 843 g/mol. The maximum Gasteiger partial charge on any atom is 0.348 e. The van der Waals surface area contributed by atoms with Crippen LogP contribution in [-0.2, 0) is 9.59 Å². The highest BCUT2D eigenvalue weighted by atomic mass is 32.1. The minimum Gasteiger partial charge on any atom is -0.385 e. The molecule has 1 aliphatic heterocycles. The van der Waals surface area contributed by atoms with Crippen molar-refractivity contribution >= 4 is 84.8 Å². The van der Waals surface area contributed by atoms with Gasteiger partial charge in [0, 0.05) is 69.5 Å². The Kier molecular flexibility index (Phi) is 14.2. The van der Waals surface area contributed by atoms with E-state index in [1.807, 2.05) is 12.1 Å². The molecule has 1 saturated carbocycles. The van der Waals surface area contributed by atoms with Crippen molar-refractivity contribution in [2.45, 2.75) is 72.3 Å². The number of aromatic nitrogens is 5. The third-order valence-corrected chi connectivity index (χ3v) is 12.4. The number of rotatable bonds is 17. The van der Waals surface area contributed by atoms with E-state index in [9.17, 15) is 34.1 Å². The van der Waals surface area contributed by atoms with Gasteiger partial charge in [-0.2, -0.15) is 4.98 Å². The summed E-state index contributed by atoms with van der Waals surface area (Å²) in [5, 5.41) is 26.5. The first kappa shape index (κ1) is 45.2. The second-order valence-corrected chi connectivity index (χ2v) is 16.9. The largest absolute Gasteiger partial charge is 0.385 e. The van der Waals surface area contributed by atoms with Crippen molar-refractivity contribution in [1.29, 1.82) is 0 Å². The Morgan fingerprint density at radius 1 is 0.922 bits per heavy atom. The molecule has 0 unspecified atom stereocenters. The van der Waals surface area contributed by atoms with E-state index in [-0.39, 0.29) is 61.8 Å². The fourth-order valence-electron chi connectivity index (χ4n) is 8.13. The average Bonchev–Trinajstić information content (AvgIpc) is 3.92. The Bertz CT molecular complexity index is 2640. The molecule has 21 heteroatoms. The van der Waals surface area contributed by atoms with Crippen molar-refractivity contribution in [3.8, 4) is 0 Å². The van der Waals surface area contributed by atoms with Crippen molar-refractivity contribution < 1.29 is 24.1 Å². The van der Waals surface area contributed by atoms with Crippen LogP contribution in [0.25, 0.3) is 11.0 Å². The number of aryl methyl sites for hydroxylation is 2. The highest BCUT2D eigenvalue weighted by Gasteiger charge is 2.27. The molecule has 336 valence electrons. The first-order chi connectivity index (χ1) is 30.7. The number of carbonyl (C=O) groups excluding carboxylic acids is 4. The number of anilines is 6. The summed E-state index contributed by atoms with van der Waals surface area (Å²) in [5.74, 6) is -0.379. The number of Topliss-reactive ketones (excluding diaryl/α,β-unsaturated/α-hetero) is 1. The number of pyridine rings is 2. The summed E-state index contributed by atoms with van der Waals surface area (Å²) >= 11 is 0.755. The number of thiazole rings is 1. The third kappa shape index (κ3) is 10.7. The number of unbranched alkanes of at least 4 members (excludes halogenated alkanes) is 1. The molecular formula is C43H51N13O7S. The lowest BCUT2D eigenvalue weighted by atomic mass is 10.0. The summed E-state index contributed by atoms with van der Waals surface area (Å²) < 4.78 is 1.69. The summed E-state index contributed by atoms with van der Waals surface area (Å²) in [6.45, 7) is 10.3. The molecule has 3 amide bonds. The van der Waals surface area contributed by atoms with Crippen LogP contribution >= 0.6 is 11.3 Å². The Morgan fingerprint density at radius 2 is 1.67 bits per heavy atom. The van der Waals surface area contributed by atoms with Crippen LogP contribution in [0.4, 0.5) is 39.0 Å². The zero-order chi connectivity index (χ0) is 45.5. The van der Waals surface area contributed by atoms with Crippen LogP contribution in [0, 0.1) is 24.0 Å². The van der Waals surface area contributed by atoms with Gasteiger partial charge in [0.2, 0.25) is 17.8 Å². The number of ketones is 1. The van der Waals surface area contributed by atoms with Crippen LogP contribution in [0.3, 0.4) is 0 Å². The van der Waals surface area contributed by atoms with E-state index in [2.05, 4.69) is 51.3 Å². The van der Waals surface area contributed by atoms with Gasteiger partial charge in [0.05, 0.1) is 40.2 Å². The molecule has 0 spiro atoms.